The predicted octanol–water partition coefficient (Wildman–Crippen LogP) is 3.71. The van der Waals surface area contributed by atoms with E-state index in [2.05, 4.69) is 11.8 Å². The third-order valence-corrected chi connectivity index (χ3v) is 3.50. The van der Waals surface area contributed by atoms with E-state index in [4.69, 9.17) is 11.6 Å². The van der Waals surface area contributed by atoms with E-state index in [1.807, 2.05) is 0 Å². The Labute approximate surface area is 101 Å². The van der Waals surface area contributed by atoms with Crippen LogP contribution in [0.2, 0.25) is 5.02 Å². The molecule has 0 spiro atoms. The molecule has 1 aliphatic rings. The van der Waals surface area contributed by atoms with Crippen LogP contribution in [0.1, 0.15) is 25.3 Å². The summed E-state index contributed by atoms with van der Waals surface area (Å²) in [5.74, 6) is 0.494. The Hall–Kier alpha value is -0.600. The van der Waals surface area contributed by atoms with Crippen molar-refractivity contribution < 1.29 is 4.39 Å². The molecule has 0 aromatic heterocycles. The van der Waals surface area contributed by atoms with Crippen LogP contribution in [-0.4, -0.2) is 18.0 Å². The fourth-order valence-electron chi connectivity index (χ4n) is 2.32. The van der Waals surface area contributed by atoms with Gasteiger partial charge < -0.3 is 0 Å². The summed E-state index contributed by atoms with van der Waals surface area (Å²) in [5, 5.41) is 0.540. The Morgan fingerprint density at radius 1 is 1.50 bits per heavy atom. The summed E-state index contributed by atoms with van der Waals surface area (Å²) in [6.45, 7) is 5.35. The van der Waals surface area contributed by atoms with Gasteiger partial charge in [-0.05, 0) is 43.0 Å². The van der Waals surface area contributed by atoms with Crippen molar-refractivity contribution in [2.24, 2.45) is 5.92 Å². The first-order valence-electron chi connectivity index (χ1n) is 5.81. The van der Waals surface area contributed by atoms with Crippen molar-refractivity contribution in [1.29, 1.82) is 0 Å². The van der Waals surface area contributed by atoms with Crippen molar-refractivity contribution in [3.63, 3.8) is 0 Å². The molecule has 0 bridgehead atoms. The third kappa shape index (κ3) is 2.96. The molecule has 1 aromatic rings. The molecule has 1 heterocycles. The molecule has 0 saturated carbocycles. The standard InChI is InChI=1S/C13H17ClFN/c1-10-3-2-6-16(8-10)9-11-4-5-12(15)7-13(11)14/h4-5,7,10H,2-3,6,8-9H2,1H3. The fourth-order valence-corrected chi connectivity index (χ4v) is 2.55. The third-order valence-electron chi connectivity index (χ3n) is 3.15. The number of rotatable bonds is 2. The van der Waals surface area contributed by atoms with Gasteiger partial charge in [0, 0.05) is 18.1 Å². The Bertz CT molecular complexity index is 367. The highest BCUT2D eigenvalue weighted by Crippen LogP contribution is 2.22. The molecular weight excluding hydrogens is 225 g/mol. The normalized spacial score (nSPS) is 22.3. The number of piperidine rings is 1. The minimum Gasteiger partial charge on any atom is -0.299 e. The number of hydrogen-bond acceptors (Lipinski definition) is 1. The maximum Gasteiger partial charge on any atom is 0.124 e. The average molecular weight is 242 g/mol. The first-order valence-corrected chi connectivity index (χ1v) is 6.19. The van der Waals surface area contributed by atoms with Crippen LogP contribution in [0.15, 0.2) is 18.2 Å². The first kappa shape index (κ1) is 11.9. The number of nitrogens with zero attached hydrogens (tertiary/aromatic N) is 1. The topological polar surface area (TPSA) is 3.24 Å². The summed E-state index contributed by atoms with van der Waals surface area (Å²) in [6, 6.07) is 4.66. The lowest BCUT2D eigenvalue weighted by Crippen LogP contribution is -2.33. The van der Waals surface area contributed by atoms with Gasteiger partial charge in [0.15, 0.2) is 0 Å². The number of hydrogen-bond donors (Lipinski definition) is 0. The molecule has 0 N–H and O–H groups in total. The van der Waals surface area contributed by atoms with Gasteiger partial charge in [0.2, 0.25) is 0 Å². The SMILES string of the molecule is CC1CCCN(Cc2ccc(F)cc2Cl)C1. The Morgan fingerprint density at radius 2 is 2.31 bits per heavy atom. The van der Waals surface area contributed by atoms with Gasteiger partial charge in [0.25, 0.3) is 0 Å². The Morgan fingerprint density at radius 3 is 3.00 bits per heavy atom. The molecule has 3 heteroatoms. The smallest absolute Gasteiger partial charge is 0.124 e. The van der Waals surface area contributed by atoms with E-state index in [0.717, 1.165) is 31.1 Å². The summed E-state index contributed by atoms with van der Waals surface area (Å²) in [7, 11) is 0. The highest BCUT2D eigenvalue weighted by atomic mass is 35.5. The van der Waals surface area contributed by atoms with Crippen LogP contribution in [-0.2, 0) is 6.54 Å². The van der Waals surface area contributed by atoms with Gasteiger partial charge in [-0.1, -0.05) is 24.6 Å². The van der Waals surface area contributed by atoms with Crippen LogP contribution >= 0.6 is 11.6 Å². The minimum atomic E-state index is -0.263. The summed E-state index contributed by atoms with van der Waals surface area (Å²) in [4.78, 5) is 2.40. The van der Waals surface area contributed by atoms with E-state index >= 15 is 0 Å². The van der Waals surface area contributed by atoms with Gasteiger partial charge in [-0.3, -0.25) is 4.90 Å². The molecular formula is C13H17ClFN. The van der Waals surface area contributed by atoms with Gasteiger partial charge in [0.1, 0.15) is 5.82 Å². The van der Waals surface area contributed by atoms with E-state index in [9.17, 15) is 4.39 Å². The van der Waals surface area contributed by atoms with E-state index in [0.29, 0.717) is 5.02 Å². The molecule has 88 valence electrons. The van der Waals surface area contributed by atoms with Gasteiger partial charge >= 0.3 is 0 Å². The first-order chi connectivity index (χ1) is 7.65. The maximum absolute atomic E-state index is 12.9. The van der Waals surface area contributed by atoms with Crippen LogP contribution in [0.3, 0.4) is 0 Å². The van der Waals surface area contributed by atoms with Crippen LogP contribution in [0, 0.1) is 11.7 Å². The zero-order valence-corrected chi connectivity index (χ0v) is 10.3. The lowest BCUT2D eigenvalue weighted by Gasteiger charge is -2.31. The second-order valence-corrected chi connectivity index (χ2v) is 5.13. The molecule has 1 fully saturated rings. The van der Waals surface area contributed by atoms with Gasteiger partial charge in [-0.2, -0.15) is 0 Å². The highest BCUT2D eigenvalue weighted by molar-refractivity contribution is 6.31. The minimum absolute atomic E-state index is 0.263. The monoisotopic (exact) mass is 241 g/mol. The van der Waals surface area contributed by atoms with Crippen molar-refractivity contribution in [1.82, 2.24) is 4.90 Å². The van der Waals surface area contributed by atoms with Crippen LogP contribution in [0.5, 0.6) is 0 Å². The van der Waals surface area contributed by atoms with E-state index < -0.39 is 0 Å². The lowest BCUT2D eigenvalue weighted by molar-refractivity contribution is 0.176. The molecule has 0 aliphatic carbocycles. The van der Waals surface area contributed by atoms with Crippen molar-refractivity contribution >= 4 is 11.6 Å². The maximum atomic E-state index is 12.9. The summed E-state index contributed by atoms with van der Waals surface area (Å²) in [5.41, 5.74) is 1.03. The summed E-state index contributed by atoms with van der Waals surface area (Å²) < 4.78 is 12.9. The highest BCUT2D eigenvalue weighted by Gasteiger charge is 2.17. The lowest BCUT2D eigenvalue weighted by atomic mass is 10.00. The number of benzene rings is 1. The Kier molecular flexibility index (Phi) is 3.82. The average Bonchev–Trinajstić information content (AvgIpc) is 2.22. The molecule has 1 aliphatic heterocycles. The Balaban J connectivity index is 2.02. The molecule has 1 saturated heterocycles. The molecule has 1 atom stereocenters. The quantitative estimate of drug-likeness (QED) is 0.763. The van der Waals surface area contributed by atoms with E-state index in [-0.39, 0.29) is 5.82 Å². The predicted molar refractivity (Wildman–Crippen MR) is 65.1 cm³/mol. The zero-order valence-electron chi connectivity index (χ0n) is 9.55. The van der Waals surface area contributed by atoms with E-state index in [1.54, 1.807) is 6.07 Å². The molecule has 1 nitrogen and oxygen atoms in total. The summed E-state index contributed by atoms with van der Waals surface area (Å²) >= 11 is 6.02. The second kappa shape index (κ2) is 5.15. The number of likely N-dealkylation sites (tertiary alicyclic amines) is 1. The molecule has 1 unspecified atom stereocenters. The van der Waals surface area contributed by atoms with Crippen LogP contribution in [0.4, 0.5) is 4.39 Å². The van der Waals surface area contributed by atoms with Crippen LogP contribution < -0.4 is 0 Å². The molecule has 1 aromatic carbocycles. The van der Waals surface area contributed by atoms with Crippen molar-refractivity contribution in [3.8, 4) is 0 Å². The largest absolute Gasteiger partial charge is 0.299 e. The van der Waals surface area contributed by atoms with Crippen molar-refractivity contribution in [2.75, 3.05) is 13.1 Å². The second-order valence-electron chi connectivity index (χ2n) is 4.72. The fraction of sp³-hybridized carbons (Fsp3) is 0.538. The molecule has 16 heavy (non-hydrogen) atoms. The van der Waals surface area contributed by atoms with Crippen molar-refractivity contribution in [2.45, 2.75) is 26.3 Å². The molecule has 0 radical (unpaired) electrons. The van der Waals surface area contributed by atoms with Gasteiger partial charge in [-0.15, -0.1) is 0 Å². The summed E-state index contributed by atoms with van der Waals surface area (Å²) in [6.07, 6.45) is 2.56. The molecule has 2 rings (SSSR count). The van der Waals surface area contributed by atoms with Gasteiger partial charge in [0.05, 0.1) is 0 Å². The van der Waals surface area contributed by atoms with Crippen LogP contribution in [0.25, 0.3) is 0 Å². The van der Waals surface area contributed by atoms with E-state index in [1.165, 1.54) is 25.0 Å². The van der Waals surface area contributed by atoms with Gasteiger partial charge in [-0.25, -0.2) is 4.39 Å². The number of halogens is 2. The van der Waals surface area contributed by atoms with Crippen molar-refractivity contribution in [3.05, 3.63) is 34.6 Å². The molecule has 0 amide bonds. The zero-order chi connectivity index (χ0) is 11.5.